The quantitative estimate of drug-likeness (QED) is 0.718. The summed E-state index contributed by atoms with van der Waals surface area (Å²) in [5.41, 5.74) is 5.40. The van der Waals surface area contributed by atoms with Crippen molar-refractivity contribution < 1.29 is 4.79 Å². The van der Waals surface area contributed by atoms with Gasteiger partial charge in [-0.2, -0.15) is 0 Å². The SMILES string of the molecule is CCCNC1(CC(N)=O)CCC(CCC)CC1. The van der Waals surface area contributed by atoms with Gasteiger partial charge in [0.1, 0.15) is 0 Å². The summed E-state index contributed by atoms with van der Waals surface area (Å²) in [6, 6.07) is 0. The monoisotopic (exact) mass is 240 g/mol. The van der Waals surface area contributed by atoms with Crippen LogP contribution in [0.25, 0.3) is 0 Å². The second-order valence-electron chi connectivity index (χ2n) is 5.58. The van der Waals surface area contributed by atoms with Gasteiger partial charge < -0.3 is 11.1 Å². The molecule has 100 valence electrons. The van der Waals surface area contributed by atoms with Crippen LogP contribution in [0.15, 0.2) is 0 Å². The van der Waals surface area contributed by atoms with E-state index in [-0.39, 0.29) is 11.4 Å². The molecule has 3 nitrogen and oxygen atoms in total. The molecule has 1 aliphatic carbocycles. The minimum atomic E-state index is -0.164. The van der Waals surface area contributed by atoms with Crippen molar-refractivity contribution in [3.63, 3.8) is 0 Å². The number of primary amides is 1. The van der Waals surface area contributed by atoms with Gasteiger partial charge in [-0.3, -0.25) is 4.79 Å². The summed E-state index contributed by atoms with van der Waals surface area (Å²) in [6.07, 6.45) is 8.94. The fraction of sp³-hybridized carbons (Fsp3) is 0.929. The lowest BCUT2D eigenvalue weighted by molar-refractivity contribution is -0.119. The fourth-order valence-corrected chi connectivity index (χ4v) is 3.07. The van der Waals surface area contributed by atoms with Gasteiger partial charge >= 0.3 is 0 Å². The molecule has 3 N–H and O–H groups in total. The van der Waals surface area contributed by atoms with E-state index in [4.69, 9.17) is 5.73 Å². The van der Waals surface area contributed by atoms with Crippen molar-refractivity contribution >= 4 is 5.91 Å². The molecule has 0 radical (unpaired) electrons. The highest BCUT2D eigenvalue weighted by molar-refractivity contribution is 5.75. The largest absolute Gasteiger partial charge is 0.370 e. The van der Waals surface area contributed by atoms with E-state index in [1.54, 1.807) is 0 Å². The van der Waals surface area contributed by atoms with E-state index in [1.807, 2.05) is 0 Å². The molecule has 0 aliphatic heterocycles. The van der Waals surface area contributed by atoms with E-state index in [0.717, 1.165) is 31.7 Å². The van der Waals surface area contributed by atoms with Crippen LogP contribution in [0.5, 0.6) is 0 Å². The molecular formula is C14H28N2O. The Morgan fingerprint density at radius 2 is 1.94 bits per heavy atom. The van der Waals surface area contributed by atoms with Crippen molar-refractivity contribution in [2.24, 2.45) is 11.7 Å². The van der Waals surface area contributed by atoms with Crippen LogP contribution in [0.4, 0.5) is 0 Å². The van der Waals surface area contributed by atoms with Crippen molar-refractivity contribution in [2.45, 2.75) is 70.8 Å². The second-order valence-corrected chi connectivity index (χ2v) is 5.58. The van der Waals surface area contributed by atoms with E-state index < -0.39 is 0 Å². The van der Waals surface area contributed by atoms with E-state index >= 15 is 0 Å². The lowest BCUT2D eigenvalue weighted by Gasteiger charge is -2.40. The van der Waals surface area contributed by atoms with Crippen molar-refractivity contribution in [3.8, 4) is 0 Å². The maximum atomic E-state index is 11.2. The van der Waals surface area contributed by atoms with Crippen LogP contribution in [-0.4, -0.2) is 18.0 Å². The van der Waals surface area contributed by atoms with Gasteiger partial charge in [-0.1, -0.05) is 26.7 Å². The first-order chi connectivity index (χ1) is 8.12. The summed E-state index contributed by atoms with van der Waals surface area (Å²) in [6.45, 7) is 5.40. The lowest BCUT2D eigenvalue weighted by atomic mass is 9.73. The summed E-state index contributed by atoms with van der Waals surface area (Å²) < 4.78 is 0. The number of nitrogens with one attached hydrogen (secondary N) is 1. The number of amides is 1. The summed E-state index contributed by atoms with van der Waals surface area (Å²) in [5.74, 6) is 0.701. The minimum absolute atomic E-state index is 0.00604. The highest BCUT2D eigenvalue weighted by Gasteiger charge is 2.35. The zero-order valence-electron chi connectivity index (χ0n) is 11.4. The molecule has 0 unspecified atom stereocenters. The molecule has 1 amide bonds. The molecule has 0 heterocycles. The molecule has 3 heteroatoms. The molecule has 0 aromatic carbocycles. The van der Waals surface area contributed by atoms with Gasteiger partial charge in [-0.15, -0.1) is 0 Å². The maximum absolute atomic E-state index is 11.2. The molecule has 0 saturated heterocycles. The van der Waals surface area contributed by atoms with Crippen LogP contribution in [-0.2, 0) is 4.79 Å². The molecule has 0 bridgehead atoms. The Morgan fingerprint density at radius 3 is 2.41 bits per heavy atom. The number of hydrogen-bond acceptors (Lipinski definition) is 2. The Balaban J connectivity index is 2.51. The summed E-state index contributed by atoms with van der Waals surface area (Å²) in [5, 5.41) is 3.58. The van der Waals surface area contributed by atoms with Gasteiger partial charge in [0, 0.05) is 12.0 Å². The van der Waals surface area contributed by atoms with Crippen molar-refractivity contribution in [2.75, 3.05) is 6.54 Å². The van der Waals surface area contributed by atoms with E-state index in [0.29, 0.717) is 6.42 Å². The smallest absolute Gasteiger partial charge is 0.219 e. The van der Waals surface area contributed by atoms with Crippen LogP contribution in [0.1, 0.15) is 65.2 Å². The topological polar surface area (TPSA) is 55.1 Å². The van der Waals surface area contributed by atoms with Crippen molar-refractivity contribution in [1.82, 2.24) is 5.32 Å². The van der Waals surface area contributed by atoms with Gasteiger partial charge in [0.2, 0.25) is 5.91 Å². The third-order valence-electron chi connectivity index (χ3n) is 4.02. The molecule has 0 aromatic rings. The Bertz CT molecular complexity index is 232. The zero-order chi connectivity index (χ0) is 12.7. The Morgan fingerprint density at radius 1 is 1.29 bits per heavy atom. The average molecular weight is 240 g/mol. The zero-order valence-corrected chi connectivity index (χ0v) is 11.4. The normalized spacial score (nSPS) is 29.2. The molecule has 0 atom stereocenters. The van der Waals surface area contributed by atoms with E-state index in [2.05, 4.69) is 19.2 Å². The Hall–Kier alpha value is -0.570. The molecule has 0 aromatic heterocycles. The Kier molecular flexibility index (Phi) is 5.96. The first-order valence-electron chi connectivity index (χ1n) is 7.15. The van der Waals surface area contributed by atoms with Crippen molar-refractivity contribution in [1.29, 1.82) is 0 Å². The van der Waals surface area contributed by atoms with E-state index in [9.17, 15) is 4.79 Å². The van der Waals surface area contributed by atoms with Crippen LogP contribution in [0.2, 0.25) is 0 Å². The molecule has 1 fully saturated rings. The standard InChI is InChI=1S/C14H28N2O/c1-3-5-12-6-8-14(9-7-12,11-13(15)17)16-10-4-2/h12,16H,3-11H2,1-2H3,(H2,15,17). The number of carbonyl (C=O) groups is 1. The summed E-state index contributed by atoms with van der Waals surface area (Å²) in [4.78, 5) is 11.2. The molecule has 1 rings (SSSR count). The van der Waals surface area contributed by atoms with Gasteiger partial charge in [-0.25, -0.2) is 0 Å². The molecule has 1 aliphatic rings. The molecule has 0 spiro atoms. The maximum Gasteiger partial charge on any atom is 0.219 e. The first-order valence-corrected chi connectivity index (χ1v) is 7.15. The fourth-order valence-electron chi connectivity index (χ4n) is 3.07. The number of rotatable bonds is 7. The third kappa shape index (κ3) is 4.66. The van der Waals surface area contributed by atoms with Crippen LogP contribution < -0.4 is 11.1 Å². The lowest BCUT2D eigenvalue weighted by Crippen LogP contribution is -2.50. The van der Waals surface area contributed by atoms with E-state index in [1.165, 1.54) is 25.7 Å². The average Bonchev–Trinajstić information content (AvgIpc) is 2.29. The molecule has 17 heavy (non-hydrogen) atoms. The van der Waals surface area contributed by atoms with Crippen LogP contribution in [0, 0.1) is 5.92 Å². The summed E-state index contributed by atoms with van der Waals surface area (Å²) >= 11 is 0. The Labute approximate surface area is 106 Å². The number of hydrogen-bond donors (Lipinski definition) is 2. The predicted molar refractivity (Wildman–Crippen MR) is 71.7 cm³/mol. The summed E-state index contributed by atoms with van der Waals surface area (Å²) in [7, 11) is 0. The van der Waals surface area contributed by atoms with Gasteiger partial charge in [0.05, 0.1) is 0 Å². The van der Waals surface area contributed by atoms with Crippen LogP contribution >= 0.6 is 0 Å². The highest BCUT2D eigenvalue weighted by Crippen LogP contribution is 2.36. The molecule has 1 saturated carbocycles. The first kappa shape index (κ1) is 14.5. The van der Waals surface area contributed by atoms with Gasteiger partial charge in [0.15, 0.2) is 0 Å². The van der Waals surface area contributed by atoms with Gasteiger partial charge in [-0.05, 0) is 44.6 Å². The number of nitrogens with two attached hydrogens (primary N) is 1. The minimum Gasteiger partial charge on any atom is -0.370 e. The van der Waals surface area contributed by atoms with Crippen LogP contribution in [0.3, 0.4) is 0 Å². The number of carbonyl (C=O) groups excluding carboxylic acids is 1. The highest BCUT2D eigenvalue weighted by atomic mass is 16.1. The third-order valence-corrected chi connectivity index (χ3v) is 4.02. The predicted octanol–water partition coefficient (Wildman–Crippen LogP) is 2.59. The molecular weight excluding hydrogens is 212 g/mol. The van der Waals surface area contributed by atoms with Gasteiger partial charge in [0.25, 0.3) is 0 Å². The van der Waals surface area contributed by atoms with Crippen molar-refractivity contribution in [3.05, 3.63) is 0 Å². The second kappa shape index (κ2) is 7.00.